The summed E-state index contributed by atoms with van der Waals surface area (Å²) in [6.07, 6.45) is 5.50. The number of halogens is 2. The molecule has 24 heavy (non-hydrogen) atoms. The third-order valence-corrected chi connectivity index (χ3v) is 4.37. The number of nitrogens with one attached hydrogen (secondary N) is 1. The normalized spacial score (nSPS) is 16.1. The SMILES string of the molecule is Cl.NC1(c2noc(-c3cn[nH]c3-c3ccc(F)cc3)n2)CCCC1. The number of hydrogen-bond donors (Lipinski definition) is 2. The van der Waals surface area contributed by atoms with Crippen molar-refractivity contribution in [1.29, 1.82) is 0 Å². The van der Waals surface area contributed by atoms with Crippen LogP contribution in [-0.2, 0) is 5.54 Å². The molecule has 2 heterocycles. The van der Waals surface area contributed by atoms with Crippen LogP contribution in [0.15, 0.2) is 35.0 Å². The topological polar surface area (TPSA) is 93.6 Å². The fourth-order valence-corrected chi connectivity index (χ4v) is 3.05. The predicted octanol–water partition coefficient (Wildman–Crippen LogP) is 3.42. The van der Waals surface area contributed by atoms with Gasteiger partial charge in [0.15, 0.2) is 5.82 Å². The number of aromatic nitrogens is 4. The Morgan fingerprint density at radius 1 is 1.17 bits per heavy atom. The molecule has 0 unspecified atom stereocenters. The molecule has 8 heteroatoms. The molecule has 0 spiro atoms. The van der Waals surface area contributed by atoms with Crippen molar-refractivity contribution in [2.45, 2.75) is 31.2 Å². The van der Waals surface area contributed by atoms with E-state index in [0.717, 1.165) is 31.2 Å². The molecule has 6 nitrogen and oxygen atoms in total. The minimum absolute atomic E-state index is 0. The molecule has 126 valence electrons. The summed E-state index contributed by atoms with van der Waals surface area (Å²) < 4.78 is 18.5. The second kappa shape index (κ2) is 6.33. The number of nitrogens with two attached hydrogens (primary N) is 1. The quantitative estimate of drug-likeness (QED) is 0.755. The van der Waals surface area contributed by atoms with Crippen LogP contribution in [0.4, 0.5) is 4.39 Å². The lowest BCUT2D eigenvalue weighted by Crippen LogP contribution is -2.34. The van der Waals surface area contributed by atoms with E-state index in [4.69, 9.17) is 10.3 Å². The van der Waals surface area contributed by atoms with Gasteiger partial charge in [-0.25, -0.2) is 4.39 Å². The molecule has 0 radical (unpaired) electrons. The molecule has 0 saturated heterocycles. The zero-order valence-electron chi connectivity index (χ0n) is 12.8. The van der Waals surface area contributed by atoms with Gasteiger partial charge in [0, 0.05) is 5.56 Å². The highest BCUT2D eigenvalue weighted by Crippen LogP contribution is 2.36. The van der Waals surface area contributed by atoms with E-state index < -0.39 is 5.54 Å². The summed E-state index contributed by atoms with van der Waals surface area (Å²) in [6, 6.07) is 6.13. The molecular formula is C16H17ClFN5O. The van der Waals surface area contributed by atoms with Gasteiger partial charge in [0.2, 0.25) is 0 Å². The molecule has 1 aromatic carbocycles. The second-order valence-electron chi connectivity index (χ2n) is 5.95. The second-order valence-corrected chi connectivity index (χ2v) is 5.95. The summed E-state index contributed by atoms with van der Waals surface area (Å²) in [5.41, 5.74) is 8.04. The van der Waals surface area contributed by atoms with Crippen LogP contribution in [0.25, 0.3) is 22.7 Å². The van der Waals surface area contributed by atoms with E-state index in [0.29, 0.717) is 23.0 Å². The molecule has 1 fully saturated rings. The van der Waals surface area contributed by atoms with Crippen LogP contribution in [-0.4, -0.2) is 20.3 Å². The van der Waals surface area contributed by atoms with Crippen LogP contribution in [0.5, 0.6) is 0 Å². The molecule has 1 saturated carbocycles. The third kappa shape index (κ3) is 2.81. The highest BCUT2D eigenvalue weighted by Gasteiger charge is 2.36. The van der Waals surface area contributed by atoms with Crippen molar-refractivity contribution in [3.8, 4) is 22.7 Å². The molecule has 0 bridgehead atoms. The molecule has 2 aromatic heterocycles. The van der Waals surface area contributed by atoms with Gasteiger partial charge in [-0.3, -0.25) is 5.10 Å². The van der Waals surface area contributed by atoms with Crippen molar-refractivity contribution in [3.63, 3.8) is 0 Å². The Kier molecular flexibility index (Phi) is 4.38. The van der Waals surface area contributed by atoms with Crippen LogP contribution in [0, 0.1) is 5.82 Å². The summed E-state index contributed by atoms with van der Waals surface area (Å²) in [4.78, 5) is 4.47. The molecule has 0 aliphatic heterocycles. The molecule has 1 aliphatic carbocycles. The lowest BCUT2D eigenvalue weighted by molar-refractivity contribution is 0.372. The Hall–Kier alpha value is -2.25. The lowest BCUT2D eigenvalue weighted by atomic mass is 9.98. The average Bonchev–Trinajstić information content (AvgIpc) is 3.27. The Morgan fingerprint density at radius 3 is 2.58 bits per heavy atom. The number of rotatable bonds is 3. The van der Waals surface area contributed by atoms with Crippen LogP contribution in [0.2, 0.25) is 0 Å². The van der Waals surface area contributed by atoms with Gasteiger partial charge in [0.25, 0.3) is 5.89 Å². The first-order valence-corrected chi connectivity index (χ1v) is 7.58. The van der Waals surface area contributed by atoms with Gasteiger partial charge in [-0.1, -0.05) is 18.0 Å². The minimum Gasteiger partial charge on any atom is -0.334 e. The van der Waals surface area contributed by atoms with Gasteiger partial charge in [-0.2, -0.15) is 10.1 Å². The maximum absolute atomic E-state index is 13.1. The van der Waals surface area contributed by atoms with Gasteiger partial charge in [-0.05, 0) is 37.1 Å². The number of benzene rings is 1. The maximum atomic E-state index is 13.1. The average molecular weight is 350 g/mol. The Morgan fingerprint density at radius 2 is 1.88 bits per heavy atom. The van der Waals surface area contributed by atoms with Gasteiger partial charge >= 0.3 is 0 Å². The molecule has 1 aliphatic rings. The lowest BCUT2D eigenvalue weighted by Gasteiger charge is -2.17. The van der Waals surface area contributed by atoms with Crippen molar-refractivity contribution in [2.75, 3.05) is 0 Å². The third-order valence-electron chi connectivity index (χ3n) is 4.37. The van der Waals surface area contributed by atoms with Crippen molar-refractivity contribution in [2.24, 2.45) is 5.73 Å². The number of aromatic amines is 1. The predicted molar refractivity (Wildman–Crippen MR) is 88.9 cm³/mol. The summed E-state index contributed by atoms with van der Waals surface area (Å²) in [6.45, 7) is 0. The fraction of sp³-hybridized carbons (Fsp3) is 0.312. The standard InChI is InChI=1S/C16H16FN5O.ClH/c17-11-5-3-10(4-6-11)13-12(9-19-21-13)14-20-15(22-23-14)16(18)7-1-2-8-16;/h3-6,9H,1-2,7-8,18H2,(H,19,21);1H. The zero-order valence-corrected chi connectivity index (χ0v) is 13.6. The Bertz CT molecular complexity index is 823. The molecular weight excluding hydrogens is 333 g/mol. The van der Waals surface area contributed by atoms with E-state index in [1.807, 2.05) is 0 Å². The Balaban J connectivity index is 0.00000169. The van der Waals surface area contributed by atoms with Crippen molar-refractivity contribution in [1.82, 2.24) is 20.3 Å². The van der Waals surface area contributed by atoms with Crippen LogP contribution in [0.3, 0.4) is 0 Å². The highest BCUT2D eigenvalue weighted by atomic mass is 35.5. The Labute approximate surface area is 144 Å². The summed E-state index contributed by atoms with van der Waals surface area (Å²) in [5.74, 6) is 0.613. The van der Waals surface area contributed by atoms with E-state index >= 15 is 0 Å². The van der Waals surface area contributed by atoms with Crippen LogP contribution in [0.1, 0.15) is 31.5 Å². The largest absolute Gasteiger partial charge is 0.334 e. The van der Waals surface area contributed by atoms with Gasteiger partial charge in [0.1, 0.15) is 5.82 Å². The van der Waals surface area contributed by atoms with E-state index in [1.54, 1.807) is 18.3 Å². The van der Waals surface area contributed by atoms with E-state index in [2.05, 4.69) is 20.3 Å². The van der Waals surface area contributed by atoms with Gasteiger partial charge in [-0.15, -0.1) is 12.4 Å². The van der Waals surface area contributed by atoms with Gasteiger partial charge in [0.05, 0.1) is 23.0 Å². The summed E-state index contributed by atoms with van der Waals surface area (Å²) in [7, 11) is 0. The monoisotopic (exact) mass is 349 g/mol. The summed E-state index contributed by atoms with van der Waals surface area (Å²) in [5, 5.41) is 11.0. The fourth-order valence-electron chi connectivity index (χ4n) is 3.05. The van der Waals surface area contributed by atoms with E-state index in [-0.39, 0.29) is 18.2 Å². The van der Waals surface area contributed by atoms with E-state index in [1.165, 1.54) is 12.1 Å². The molecule has 0 atom stereocenters. The van der Waals surface area contributed by atoms with E-state index in [9.17, 15) is 4.39 Å². The van der Waals surface area contributed by atoms with Gasteiger partial charge < -0.3 is 10.3 Å². The van der Waals surface area contributed by atoms with Crippen molar-refractivity contribution < 1.29 is 8.91 Å². The number of nitrogens with zero attached hydrogens (tertiary/aromatic N) is 3. The molecule has 4 rings (SSSR count). The van der Waals surface area contributed by atoms with Crippen molar-refractivity contribution >= 4 is 12.4 Å². The molecule has 3 aromatic rings. The smallest absolute Gasteiger partial charge is 0.261 e. The number of hydrogen-bond acceptors (Lipinski definition) is 5. The van der Waals surface area contributed by atoms with Crippen molar-refractivity contribution in [3.05, 3.63) is 42.1 Å². The molecule has 3 N–H and O–H groups in total. The maximum Gasteiger partial charge on any atom is 0.261 e. The first kappa shape index (κ1) is 16.6. The van der Waals surface area contributed by atoms with Crippen LogP contribution >= 0.6 is 12.4 Å². The first-order chi connectivity index (χ1) is 11.2. The summed E-state index contributed by atoms with van der Waals surface area (Å²) >= 11 is 0. The molecule has 0 amide bonds. The first-order valence-electron chi connectivity index (χ1n) is 7.58. The van der Waals surface area contributed by atoms with Crippen LogP contribution < -0.4 is 5.73 Å². The number of H-pyrrole nitrogens is 1. The highest BCUT2D eigenvalue weighted by molar-refractivity contribution is 5.85. The minimum atomic E-state index is -0.498. The zero-order chi connectivity index (χ0) is 15.9.